The van der Waals surface area contributed by atoms with Gasteiger partial charge < -0.3 is 5.32 Å². The lowest BCUT2D eigenvalue weighted by Gasteiger charge is -2.13. The van der Waals surface area contributed by atoms with Gasteiger partial charge in [0.2, 0.25) is 0 Å². The van der Waals surface area contributed by atoms with E-state index in [0.29, 0.717) is 12.0 Å². The third kappa shape index (κ3) is 3.19. The SMILES string of the molecule is CCCCc1ccc2c(c1)CC(c1ccc(C(C)C)cc1)N2. The lowest BCUT2D eigenvalue weighted by Crippen LogP contribution is -2.05. The van der Waals surface area contributed by atoms with Crippen LogP contribution in [0.5, 0.6) is 0 Å². The van der Waals surface area contributed by atoms with E-state index < -0.39 is 0 Å². The summed E-state index contributed by atoms with van der Waals surface area (Å²) in [4.78, 5) is 0. The number of hydrogen-bond donors (Lipinski definition) is 1. The lowest BCUT2D eigenvalue weighted by atomic mass is 9.97. The van der Waals surface area contributed by atoms with Gasteiger partial charge in [-0.15, -0.1) is 0 Å². The second-order valence-electron chi connectivity index (χ2n) is 6.82. The van der Waals surface area contributed by atoms with Crippen LogP contribution in [0.4, 0.5) is 5.69 Å². The number of anilines is 1. The third-order valence-electron chi connectivity index (χ3n) is 4.75. The molecule has 0 spiro atoms. The molecular formula is C21H27N. The lowest BCUT2D eigenvalue weighted by molar-refractivity contribution is 0.791. The predicted octanol–water partition coefficient (Wildman–Crippen LogP) is 5.86. The van der Waals surface area contributed by atoms with Gasteiger partial charge in [-0.25, -0.2) is 0 Å². The van der Waals surface area contributed by atoms with E-state index in [1.165, 1.54) is 47.2 Å². The topological polar surface area (TPSA) is 12.0 Å². The van der Waals surface area contributed by atoms with Crippen molar-refractivity contribution < 1.29 is 0 Å². The Bertz CT molecular complexity index is 625. The van der Waals surface area contributed by atoms with Crippen molar-refractivity contribution in [3.63, 3.8) is 0 Å². The first kappa shape index (κ1) is 15.1. The van der Waals surface area contributed by atoms with E-state index >= 15 is 0 Å². The van der Waals surface area contributed by atoms with E-state index in [-0.39, 0.29) is 0 Å². The Balaban J connectivity index is 1.73. The molecule has 2 aromatic carbocycles. The second-order valence-corrected chi connectivity index (χ2v) is 6.82. The molecule has 0 aromatic heterocycles. The Morgan fingerprint density at radius 3 is 2.55 bits per heavy atom. The molecule has 0 amide bonds. The zero-order chi connectivity index (χ0) is 15.5. The van der Waals surface area contributed by atoms with Crippen molar-refractivity contribution >= 4 is 5.69 Å². The summed E-state index contributed by atoms with van der Waals surface area (Å²) in [6.45, 7) is 6.75. The molecule has 0 aliphatic carbocycles. The molecule has 1 unspecified atom stereocenters. The average Bonchev–Trinajstić information content (AvgIpc) is 2.96. The van der Waals surface area contributed by atoms with Crippen LogP contribution in [0.2, 0.25) is 0 Å². The molecule has 1 atom stereocenters. The monoisotopic (exact) mass is 293 g/mol. The predicted molar refractivity (Wildman–Crippen MR) is 95.7 cm³/mol. The normalized spacial score (nSPS) is 16.6. The van der Waals surface area contributed by atoms with Gasteiger partial charge in [0.25, 0.3) is 0 Å². The first-order valence-electron chi connectivity index (χ1n) is 8.65. The maximum absolute atomic E-state index is 3.68. The fourth-order valence-electron chi connectivity index (χ4n) is 3.27. The highest BCUT2D eigenvalue weighted by atomic mass is 14.9. The number of rotatable bonds is 5. The van der Waals surface area contributed by atoms with Crippen molar-refractivity contribution in [3.8, 4) is 0 Å². The van der Waals surface area contributed by atoms with Gasteiger partial charge in [0.15, 0.2) is 0 Å². The van der Waals surface area contributed by atoms with E-state index in [9.17, 15) is 0 Å². The van der Waals surface area contributed by atoms with Crippen LogP contribution >= 0.6 is 0 Å². The molecule has 22 heavy (non-hydrogen) atoms. The Hall–Kier alpha value is -1.76. The minimum Gasteiger partial charge on any atom is -0.378 e. The summed E-state index contributed by atoms with van der Waals surface area (Å²) in [7, 11) is 0. The fraction of sp³-hybridized carbons (Fsp3) is 0.429. The van der Waals surface area contributed by atoms with Crippen LogP contribution in [-0.2, 0) is 12.8 Å². The molecule has 1 nitrogen and oxygen atoms in total. The second kappa shape index (κ2) is 6.56. The molecule has 1 aliphatic rings. The Kier molecular flexibility index (Phi) is 4.52. The Morgan fingerprint density at radius 2 is 1.86 bits per heavy atom. The van der Waals surface area contributed by atoms with Crippen LogP contribution in [0.15, 0.2) is 42.5 Å². The number of nitrogens with one attached hydrogen (secondary N) is 1. The first-order valence-corrected chi connectivity index (χ1v) is 8.65. The maximum atomic E-state index is 3.68. The van der Waals surface area contributed by atoms with Crippen LogP contribution in [0.1, 0.15) is 67.8 Å². The molecule has 1 heteroatoms. The van der Waals surface area contributed by atoms with Crippen molar-refractivity contribution in [1.82, 2.24) is 0 Å². The minimum absolute atomic E-state index is 0.428. The molecular weight excluding hydrogens is 266 g/mol. The number of unbranched alkanes of at least 4 members (excludes halogenated alkanes) is 1. The molecule has 1 heterocycles. The Labute approximate surface area is 134 Å². The minimum atomic E-state index is 0.428. The van der Waals surface area contributed by atoms with E-state index in [2.05, 4.69) is 68.6 Å². The van der Waals surface area contributed by atoms with E-state index in [1.54, 1.807) is 0 Å². The number of aryl methyl sites for hydroxylation is 1. The molecule has 1 N–H and O–H groups in total. The van der Waals surface area contributed by atoms with Crippen molar-refractivity contribution in [2.24, 2.45) is 0 Å². The zero-order valence-electron chi connectivity index (χ0n) is 14.0. The Morgan fingerprint density at radius 1 is 1.09 bits per heavy atom. The van der Waals surface area contributed by atoms with E-state index in [4.69, 9.17) is 0 Å². The molecule has 2 aromatic rings. The van der Waals surface area contributed by atoms with Crippen LogP contribution in [-0.4, -0.2) is 0 Å². The third-order valence-corrected chi connectivity index (χ3v) is 4.75. The van der Waals surface area contributed by atoms with Gasteiger partial charge in [0, 0.05) is 5.69 Å². The smallest absolute Gasteiger partial charge is 0.0555 e. The highest BCUT2D eigenvalue weighted by Gasteiger charge is 2.22. The largest absolute Gasteiger partial charge is 0.378 e. The molecule has 0 radical (unpaired) electrons. The van der Waals surface area contributed by atoms with Gasteiger partial charge in [-0.05, 0) is 53.5 Å². The summed E-state index contributed by atoms with van der Waals surface area (Å²) >= 11 is 0. The maximum Gasteiger partial charge on any atom is 0.0555 e. The highest BCUT2D eigenvalue weighted by Crippen LogP contribution is 2.35. The van der Waals surface area contributed by atoms with Gasteiger partial charge in [-0.3, -0.25) is 0 Å². The molecule has 1 aliphatic heterocycles. The highest BCUT2D eigenvalue weighted by molar-refractivity contribution is 5.59. The standard InChI is InChI=1S/C21H27N/c1-4-5-6-16-7-12-20-19(13-16)14-21(22-20)18-10-8-17(9-11-18)15(2)3/h7-13,15,21-22H,4-6,14H2,1-3H3. The number of fused-ring (bicyclic) bond motifs is 1. The van der Waals surface area contributed by atoms with Gasteiger partial charge in [0.05, 0.1) is 6.04 Å². The number of benzene rings is 2. The van der Waals surface area contributed by atoms with Crippen molar-refractivity contribution in [1.29, 1.82) is 0 Å². The summed E-state index contributed by atoms with van der Waals surface area (Å²) in [5.41, 5.74) is 7.10. The average molecular weight is 293 g/mol. The molecule has 116 valence electrons. The van der Waals surface area contributed by atoms with Crippen LogP contribution < -0.4 is 5.32 Å². The van der Waals surface area contributed by atoms with Crippen molar-refractivity contribution in [2.45, 2.75) is 58.4 Å². The summed E-state index contributed by atoms with van der Waals surface area (Å²) < 4.78 is 0. The summed E-state index contributed by atoms with van der Waals surface area (Å²) in [6.07, 6.45) is 4.86. The first-order chi connectivity index (χ1) is 10.7. The fourth-order valence-corrected chi connectivity index (χ4v) is 3.27. The number of hydrogen-bond acceptors (Lipinski definition) is 1. The molecule has 3 rings (SSSR count). The zero-order valence-corrected chi connectivity index (χ0v) is 14.0. The van der Waals surface area contributed by atoms with E-state index in [0.717, 1.165) is 6.42 Å². The van der Waals surface area contributed by atoms with Crippen molar-refractivity contribution in [2.75, 3.05) is 5.32 Å². The van der Waals surface area contributed by atoms with Crippen LogP contribution in [0.3, 0.4) is 0 Å². The molecule has 0 saturated heterocycles. The van der Waals surface area contributed by atoms with Crippen LogP contribution in [0, 0.1) is 0 Å². The summed E-state index contributed by atoms with van der Waals surface area (Å²) in [6, 6.07) is 16.5. The molecule has 0 fully saturated rings. The van der Waals surface area contributed by atoms with Gasteiger partial charge in [-0.2, -0.15) is 0 Å². The summed E-state index contributed by atoms with van der Waals surface area (Å²) in [5, 5.41) is 3.68. The van der Waals surface area contributed by atoms with Crippen molar-refractivity contribution in [3.05, 3.63) is 64.7 Å². The van der Waals surface area contributed by atoms with Gasteiger partial charge >= 0.3 is 0 Å². The molecule has 0 saturated carbocycles. The van der Waals surface area contributed by atoms with Crippen LogP contribution in [0.25, 0.3) is 0 Å². The van der Waals surface area contributed by atoms with E-state index in [1.807, 2.05) is 0 Å². The van der Waals surface area contributed by atoms with Gasteiger partial charge in [-0.1, -0.05) is 63.6 Å². The molecule has 0 bridgehead atoms. The quantitative estimate of drug-likeness (QED) is 0.727. The van der Waals surface area contributed by atoms with Gasteiger partial charge in [0.1, 0.15) is 0 Å². The summed E-state index contributed by atoms with van der Waals surface area (Å²) in [5.74, 6) is 0.601.